The van der Waals surface area contributed by atoms with Crippen molar-refractivity contribution in [2.24, 2.45) is 0 Å². The summed E-state index contributed by atoms with van der Waals surface area (Å²) >= 11 is 1.59. The second-order valence-corrected chi connectivity index (χ2v) is 11.0. The highest BCUT2D eigenvalue weighted by atomic mass is 32.1. The summed E-state index contributed by atoms with van der Waals surface area (Å²) in [7, 11) is 0. The number of amides is 2. The molecular formula is C31H38FN3O3S. The molecule has 1 aromatic heterocycles. The van der Waals surface area contributed by atoms with E-state index >= 15 is 0 Å². The number of hydrogen-bond donors (Lipinski definition) is 0. The van der Waals surface area contributed by atoms with E-state index < -0.39 is 0 Å². The predicted octanol–water partition coefficient (Wildman–Crippen LogP) is 5.83. The van der Waals surface area contributed by atoms with Crippen LogP contribution < -0.4 is 4.74 Å². The van der Waals surface area contributed by atoms with Crippen molar-refractivity contribution in [1.82, 2.24) is 14.7 Å². The third kappa shape index (κ3) is 8.90. The highest BCUT2D eigenvalue weighted by Gasteiger charge is 2.24. The summed E-state index contributed by atoms with van der Waals surface area (Å²) in [5.41, 5.74) is 1.38. The molecule has 6 nitrogen and oxygen atoms in total. The smallest absolute Gasteiger partial charge is 0.254 e. The number of ether oxygens (including phenoxy) is 1. The minimum Gasteiger partial charge on any atom is -0.494 e. The summed E-state index contributed by atoms with van der Waals surface area (Å²) in [6.45, 7) is 6.78. The Hall–Kier alpha value is -3.23. The third-order valence-electron chi connectivity index (χ3n) is 6.93. The van der Waals surface area contributed by atoms with E-state index in [1.807, 2.05) is 29.6 Å². The molecule has 0 N–H and O–H groups in total. The summed E-state index contributed by atoms with van der Waals surface area (Å²) in [4.78, 5) is 34.2. The molecule has 208 valence electrons. The van der Waals surface area contributed by atoms with Gasteiger partial charge in [-0.25, -0.2) is 4.39 Å². The summed E-state index contributed by atoms with van der Waals surface area (Å²) in [6.07, 6.45) is 4.37. The average Bonchev–Trinajstić information content (AvgIpc) is 3.67. The van der Waals surface area contributed by atoms with E-state index in [1.54, 1.807) is 45.4 Å². The van der Waals surface area contributed by atoms with E-state index in [4.69, 9.17) is 4.74 Å². The SMILES string of the molecule is CCCCOc1ccc(C(=O)N(CCN2CCCC2)CC(=O)N(Cc2ccc(F)cc2)Cc2cccs2)cc1. The Labute approximate surface area is 235 Å². The van der Waals surface area contributed by atoms with Crippen molar-refractivity contribution in [2.75, 3.05) is 39.3 Å². The van der Waals surface area contributed by atoms with Gasteiger partial charge in [0.25, 0.3) is 5.91 Å². The fourth-order valence-electron chi connectivity index (χ4n) is 4.63. The molecule has 4 rings (SSSR count). The van der Waals surface area contributed by atoms with Crippen molar-refractivity contribution in [2.45, 2.75) is 45.7 Å². The minimum atomic E-state index is -0.310. The molecule has 0 aliphatic carbocycles. The van der Waals surface area contributed by atoms with E-state index in [-0.39, 0.29) is 24.2 Å². The minimum absolute atomic E-state index is 0.0198. The maximum atomic E-state index is 13.7. The van der Waals surface area contributed by atoms with Gasteiger partial charge in [-0.1, -0.05) is 31.5 Å². The Bertz CT molecular complexity index is 1160. The first-order valence-corrected chi connectivity index (χ1v) is 14.7. The second kappa shape index (κ2) is 14.8. The number of unbranched alkanes of at least 4 members (excludes halogenated alkanes) is 1. The molecule has 39 heavy (non-hydrogen) atoms. The normalized spacial score (nSPS) is 13.4. The molecule has 0 radical (unpaired) electrons. The monoisotopic (exact) mass is 551 g/mol. The van der Waals surface area contributed by atoms with Gasteiger partial charge in [-0.3, -0.25) is 9.59 Å². The van der Waals surface area contributed by atoms with Crippen LogP contribution in [0.25, 0.3) is 0 Å². The molecule has 0 bridgehead atoms. The van der Waals surface area contributed by atoms with Gasteiger partial charge in [0.2, 0.25) is 5.91 Å². The fourth-order valence-corrected chi connectivity index (χ4v) is 5.35. The van der Waals surface area contributed by atoms with Gasteiger partial charge < -0.3 is 19.4 Å². The molecule has 1 fully saturated rings. The van der Waals surface area contributed by atoms with Crippen LogP contribution in [-0.2, 0) is 17.9 Å². The van der Waals surface area contributed by atoms with E-state index in [2.05, 4.69) is 11.8 Å². The molecule has 0 spiro atoms. The molecule has 3 aromatic rings. The van der Waals surface area contributed by atoms with Crippen LogP contribution in [-0.4, -0.2) is 65.8 Å². The molecule has 1 aliphatic heterocycles. The number of carbonyl (C=O) groups is 2. The van der Waals surface area contributed by atoms with Crippen LogP contribution in [0.15, 0.2) is 66.0 Å². The van der Waals surface area contributed by atoms with Gasteiger partial charge in [0.05, 0.1) is 13.2 Å². The van der Waals surface area contributed by atoms with Gasteiger partial charge in [-0.15, -0.1) is 11.3 Å². The highest BCUT2D eigenvalue weighted by molar-refractivity contribution is 7.09. The standard InChI is InChI=1S/C31H38FN3O3S/c1-2-3-20-38-28-14-10-26(11-15-28)31(37)34(19-18-33-16-4-5-17-33)24-30(36)35(23-29-7-6-21-39-29)22-25-8-12-27(32)13-9-25/h6-15,21H,2-5,16-20,22-24H2,1H3. The molecule has 0 unspecified atom stereocenters. The zero-order valence-electron chi connectivity index (χ0n) is 22.7. The summed E-state index contributed by atoms with van der Waals surface area (Å²) in [5.74, 6) is 0.124. The Morgan fingerprint density at radius 3 is 2.38 bits per heavy atom. The third-order valence-corrected chi connectivity index (χ3v) is 7.79. The van der Waals surface area contributed by atoms with Gasteiger partial charge in [0.15, 0.2) is 0 Å². The lowest BCUT2D eigenvalue weighted by molar-refractivity contribution is -0.133. The Kier molecular flexibility index (Phi) is 10.9. The first-order valence-electron chi connectivity index (χ1n) is 13.8. The molecule has 0 saturated carbocycles. The summed E-state index contributed by atoms with van der Waals surface area (Å²) < 4.78 is 19.2. The van der Waals surface area contributed by atoms with Crippen LogP contribution in [0.2, 0.25) is 0 Å². The van der Waals surface area contributed by atoms with Gasteiger partial charge in [-0.05, 0) is 85.8 Å². The van der Waals surface area contributed by atoms with Crippen LogP contribution in [0.4, 0.5) is 4.39 Å². The lowest BCUT2D eigenvalue weighted by Crippen LogP contribution is -2.45. The Morgan fingerprint density at radius 1 is 0.974 bits per heavy atom. The van der Waals surface area contributed by atoms with Crippen LogP contribution in [0.1, 0.15) is 53.4 Å². The fraction of sp³-hybridized carbons (Fsp3) is 0.419. The van der Waals surface area contributed by atoms with Gasteiger partial charge in [0.1, 0.15) is 18.1 Å². The number of halogens is 1. The number of thiophene rings is 1. The van der Waals surface area contributed by atoms with E-state index in [1.165, 1.54) is 25.0 Å². The lowest BCUT2D eigenvalue weighted by Gasteiger charge is -2.29. The second-order valence-electron chi connectivity index (χ2n) is 9.96. The number of hydrogen-bond acceptors (Lipinski definition) is 5. The number of likely N-dealkylation sites (tertiary alicyclic amines) is 1. The van der Waals surface area contributed by atoms with Gasteiger partial charge in [-0.2, -0.15) is 0 Å². The van der Waals surface area contributed by atoms with Crippen molar-refractivity contribution in [3.63, 3.8) is 0 Å². The Morgan fingerprint density at radius 2 is 1.72 bits per heavy atom. The first-order chi connectivity index (χ1) is 19.0. The van der Waals surface area contributed by atoms with Crippen molar-refractivity contribution in [3.05, 3.63) is 87.9 Å². The van der Waals surface area contributed by atoms with Crippen molar-refractivity contribution in [3.8, 4) is 5.75 Å². The molecule has 0 atom stereocenters. The van der Waals surface area contributed by atoms with E-state index in [9.17, 15) is 14.0 Å². The Balaban J connectivity index is 1.49. The van der Waals surface area contributed by atoms with Crippen LogP contribution in [0, 0.1) is 5.82 Å². The van der Waals surface area contributed by atoms with Crippen molar-refractivity contribution >= 4 is 23.2 Å². The molecule has 1 saturated heterocycles. The topological polar surface area (TPSA) is 53.1 Å². The van der Waals surface area contributed by atoms with Crippen LogP contribution in [0.3, 0.4) is 0 Å². The predicted molar refractivity (Wildman–Crippen MR) is 153 cm³/mol. The molecule has 2 aromatic carbocycles. The highest BCUT2D eigenvalue weighted by Crippen LogP contribution is 2.18. The molecule has 2 heterocycles. The van der Waals surface area contributed by atoms with Crippen LogP contribution >= 0.6 is 11.3 Å². The van der Waals surface area contributed by atoms with Crippen molar-refractivity contribution < 1.29 is 18.7 Å². The van der Waals surface area contributed by atoms with E-state index in [0.29, 0.717) is 31.8 Å². The number of nitrogens with zero attached hydrogens (tertiary/aromatic N) is 3. The molecular weight excluding hydrogens is 513 g/mol. The number of rotatable bonds is 14. The molecule has 1 aliphatic rings. The average molecular weight is 552 g/mol. The van der Waals surface area contributed by atoms with E-state index in [0.717, 1.165) is 48.7 Å². The van der Waals surface area contributed by atoms with Gasteiger partial charge in [0, 0.05) is 30.1 Å². The maximum absolute atomic E-state index is 13.7. The van der Waals surface area contributed by atoms with Crippen LogP contribution in [0.5, 0.6) is 5.75 Å². The zero-order chi connectivity index (χ0) is 27.5. The summed E-state index contributed by atoms with van der Waals surface area (Å²) in [6, 6.07) is 17.4. The zero-order valence-corrected chi connectivity index (χ0v) is 23.5. The molecule has 8 heteroatoms. The first kappa shape index (κ1) is 28.8. The lowest BCUT2D eigenvalue weighted by atomic mass is 10.1. The number of carbonyl (C=O) groups excluding carboxylic acids is 2. The summed E-state index contributed by atoms with van der Waals surface area (Å²) in [5, 5.41) is 1.98. The van der Waals surface area contributed by atoms with Crippen molar-refractivity contribution in [1.29, 1.82) is 0 Å². The quantitative estimate of drug-likeness (QED) is 0.237. The largest absolute Gasteiger partial charge is 0.494 e. The number of benzene rings is 2. The molecule has 2 amide bonds. The van der Waals surface area contributed by atoms with Gasteiger partial charge >= 0.3 is 0 Å². The maximum Gasteiger partial charge on any atom is 0.254 e.